The third-order valence-electron chi connectivity index (χ3n) is 3.39. The highest BCUT2D eigenvalue weighted by Crippen LogP contribution is 2.38. The van der Waals surface area contributed by atoms with Gasteiger partial charge in [0.15, 0.2) is 0 Å². The van der Waals surface area contributed by atoms with Crippen molar-refractivity contribution in [3.63, 3.8) is 0 Å². The Kier molecular flexibility index (Phi) is 4.13. The molecule has 106 valence electrons. The van der Waals surface area contributed by atoms with Crippen molar-refractivity contribution in [3.8, 4) is 0 Å². The van der Waals surface area contributed by atoms with Crippen LogP contribution in [-0.4, -0.2) is 31.3 Å². The van der Waals surface area contributed by atoms with Gasteiger partial charge in [-0.3, -0.25) is 4.79 Å². The predicted molar refractivity (Wildman–Crippen MR) is 69.8 cm³/mol. The molecule has 0 heterocycles. The standard InChI is InChI=1S/C12H23NO4S/c1-11(2,3)8-18(16,17)13-9-6-5-7-12(9,4)10(14)15/h9,13H,5-8H2,1-4H3,(H,14,15). The third-order valence-corrected chi connectivity index (χ3v) is 5.28. The molecule has 0 spiro atoms. The van der Waals surface area contributed by atoms with Gasteiger partial charge in [0.1, 0.15) is 0 Å². The molecule has 0 aliphatic heterocycles. The van der Waals surface area contributed by atoms with E-state index < -0.39 is 27.4 Å². The number of hydrogen-bond acceptors (Lipinski definition) is 3. The average Bonchev–Trinajstić information content (AvgIpc) is 2.43. The van der Waals surface area contributed by atoms with E-state index in [1.165, 1.54) is 0 Å². The number of carboxylic acid groups (broad SMARTS) is 1. The fourth-order valence-electron chi connectivity index (χ4n) is 2.44. The smallest absolute Gasteiger partial charge is 0.310 e. The predicted octanol–water partition coefficient (Wildman–Crippen LogP) is 1.60. The first kappa shape index (κ1) is 15.4. The zero-order chi connectivity index (χ0) is 14.2. The minimum absolute atomic E-state index is 0.00615. The molecular formula is C12H23NO4S. The number of aliphatic carboxylic acids is 1. The van der Waals surface area contributed by atoms with E-state index in [0.29, 0.717) is 12.8 Å². The van der Waals surface area contributed by atoms with Crippen molar-refractivity contribution in [2.75, 3.05) is 5.75 Å². The Morgan fingerprint density at radius 2 is 2.00 bits per heavy atom. The number of carbonyl (C=O) groups is 1. The molecule has 0 aromatic heterocycles. The van der Waals surface area contributed by atoms with E-state index in [4.69, 9.17) is 0 Å². The molecule has 0 amide bonds. The Balaban J connectivity index is 2.82. The van der Waals surface area contributed by atoms with Gasteiger partial charge in [0.25, 0.3) is 0 Å². The van der Waals surface area contributed by atoms with Crippen LogP contribution in [0.25, 0.3) is 0 Å². The maximum Gasteiger partial charge on any atom is 0.310 e. The summed E-state index contributed by atoms with van der Waals surface area (Å²) < 4.78 is 26.6. The Morgan fingerprint density at radius 3 is 2.44 bits per heavy atom. The molecule has 6 heteroatoms. The molecule has 1 fully saturated rings. The van der Waals surface area contributed by atoms with E-state index in [1.54, 1.807) is 6.92 Å². The maximum atomic E-state index is 12.0. The van der Waals surface area contributed by atoms with E-state index in [-0.39, 0.29) is 11.2 Å². The van der Waals surface area contributed by atoms with Crippen LogP contribution in [0.5, 0.6) is 0 Å². The van der Waals surface area contributed by atoms with Gasteiger partial charge >= 0.3 is 5.97 Å². The van der Waals surface area contributed by atoms with Crippen LogP contribution in [0.2, 0.25) is 0 Å². The summed E-state index contributed by atoms with van der Waals surface area (Å²) in [7, 11) is -3.44. The lowest BCUT2D eigenvalue weighted by Gasteiger charge is -2.29. The molecule has 0 aromatic carbocycles. The molecule has 2 atom stereocenters. The molecule has 18 heavy (non-hydrogen) atoms. The highest BCUT2D eigenvalue weighted by atomic mass is 32.2. The molecule has 2 N–H and O–H groups in total. The summed E-state index contributed by atoms with van der Waals surface area (Å²) in [6.07, 6.45) is 1.85. The first-order valence-corrected chi connectivity index (χ1v) is 7.85. The van der Waals surface area contributed by atoms with Gasteiger partial charge in [-0.1, -0.05) is 27.2 Å². The van der Waals surface area contributed by atoms with E-state index in [9.17, 15) is 18.3 Å². The molecule has 1 aliphatic rings. The van der Waals surface area contributed by atoms with Crippen LogP contribution in [0.1, 0.15) is 47.0 Å². The van der Waals surface area contributed by atoms with E-state index >= 15 is 0 Å². The van der Waals surface area contributed by atoms with Crippen LogP contribution in [0.4, 0.5) is 0 Å². The largest absolute Gasteiger partial charge is 0.481 e. The fraction of sp³-hybridized carbons (Fsp3) is 0.917. The molecule has 0 bridgehead atoms. The second kappa shape index (κ2) is 4.81. The Bertz CT molecular complexity index is 424. The van der Waals surface area contributed by atoms with Crippen molar-refractivity contribution in [2.24, 2.45) is 10.8 Å². The molecule has 1 saturated carbocycles. The van der Waals surface area contributed by atoms with Gasteiger partial charge in [0, 0.05) is 6.04 Å². The Hall–Kier alpha value is -0.620. The summed E-state index contributed by atoms with van der Waals surface area (Å²) in [5, 5.41) is 9.24. The van der Waals surface area contributed by atoms with Crippen molar-refractivity contribution in [2.45, 2.75) is 53.0 Å². The van der Waals surface area contributed by atoms with Crippen LogP contribution in [0.3, 0.4) is 0 Å². The van der Waals surface area contributed by atoms with Crippen LogP contribution < -0.4 is 4.72 Å². The Labute approximate surface area is 109 Å². The van der Waals surface area contributed by atoms with Crippen LogP contribution in [0, 0.1) is 10.8 Å². The van der Waals surface area contributed by atoms with Gasteiger partial charge in [0.05, 0.1) is 11.2 Å². The lowest BCUT2D eigenvalue weighted by molar-refractivity contribution is -0.148. The average molecular weight is 277 g/mol. The van der Waals surface area contributed by atoms with Crippen molar-refractivity contribution < 1.29 is 18.3 Å². The summed E-state index contributed by atoms with van der Waals surface area (Å²) in [5.74, 6) is -0.921. The first-order valence-electron chi connectivity index (χ1n) is 6.20. The highest BCUT2D eigenvalue weighted by molar-refractivity contribution is 7.89. The van der Waals surface area contributed by atoms with E-state index in [0.717, 1.165) is 6.42 Å². The molecule has 0 aromatic rings. The number of rotatable bonds is 4. The van der Waals surface area contributed by atoms with Gasteiger partial charge in [-0.25, -0.2) is 13.1 Å². The summed E-state index contributed by atoms with van der Waals surface area (Å²) >= 11 is 0. The summed E-state index contributed by atoms with van der Waals surface area (Å²) in [4.78, 5) is 11.3. The van der Waals surface area contributed by atoms with Crippen LogP contribution in [0.15, 0.2) is 0 Å². The second-order valence-corrected chi connectivity index (χ2v) is 8.36. The monoisotopic (exact) mass is 277 g/mol. The Morgan fingerprint density at radius 1 is 1.44 bits per heavy atom. The van der Waals surface area contributed by atoms with Crippen molar-refractivity contribution >= 4 is 16.0 Å². The maximum absolute atomic E-state index is 12.0. The normalized spacial score (nSPS) is 29.4. The van der Waals surface area contributed by atoms with Gasteiger partial charge in [-0.05, 0) is 25.2 Å². The van der Waals surface area contributed by atoms with Gasteiger partial charge in [0.2, 0.25) is 10.0 Å². The molecule has 1 aliphatic carbocycles. The summed E-state index contributed by atoms with van der Waals surface area (Å²) in [6, 6.07) is -0.498. The zero-order valence-electron chi connectivity index (χ0n) is 11.5. The molecule has 0 radical (unpaired) electrons. The summed E-state index contributed by atoms with van der Waals surface area (Å²) in [5.41, 5.74) is -1.32. The zero-order valence-corrected chi connectivity index (χ0v) is 12.3. The van der Waals surface area contributed by atoms with Crippen LogP contribution >= 0.6 is 0 Å². The minimum Gasteiger partial charge on any atom is -0.481 e. The number of hydrogen-bond donors (Lipinski definition) is 2. The van der Waals surface area contributed by atoms with Crippen LogP contribution in [-0.2, 0) is 14.8 Å². The third kappa shape index (κ3) is 3.68. The second-order valence-electron chi connectivity index (χ2n) is 6.61. The SMILES string of the molecule is CC(C)(C)CS(=O)(=O)NC1CCCC1(C)C(=O)O. The quantitative estimate of drug-likeness (QED) is 0.817. The van der Waals surface area contributed by atoms with Gasteiger partial charge in [-0.15, -0.1) is 0 Å². The number of sulfonamides is 1. The topological polar surface area (TPSA) is 83.5 Å². The fourth-order valence-corrected chi connectivity index (χ4v) is 4.47. The van der Waals surface area contributed by atoms with Crippen molar-refractivity contribution in [1.29, 1.82) is 0 Å². The van der Waals surface area contributed by atoms with Gasteiger partial charge in [-0.2, -0.15) is 0 Å². The minimum atomic E-state index is -3.44. The number of nitrogens with one attached hydrogen (secondary N) is 1. The lowest BCUT2D eigenvalue weighted by atomic mass is 9.85. The van der Waals surface area contributed by atoms with Gasteiger partial charge < -0.3 is 5.11 Å². The molecular weight excluding hydrogens is 254 g/mol. The lowest BCUT2D eigenvalue weighted by Crippen LogP contribution is -2.48. The van der Waals surface area contributed by atoms with Crippen molar-refractivity contribution in [1.82, 2.24) is 4.72 Å². The molecule has 0 saturated heterocycles. The summed E-state index contributed by atoms with van der Waals surface area (Å²) in [6.45, 7) is 7.15. The molecule has 2 unspecified atom stereocenters. The first-order chi connectivity index (χ1) is 7.96. The highest BCUT2D eigenvalue weighted by Gasteiger charge is 2.46. The van der Waals surface area contributed by atoms with Crippen molar-refractivity contribution in [3.05, 3.63) is 0 Å². The molecule has 1 rings (SSSR count). The van der Waals surface area contributed by atoms with E-state index in [1.807, 2.05) is 20.8 Å². The number of carboxylic acids is 1. The molecule has 5 nitrogen and oxygen atoms in total. The van der Waals surface area contributed by atoms with E-state index in [2.05, 4.69) is 4.72 Å².